The number of rotatable bonds is 2. The van der Waals surface area contributed by atoms with Crippen molar-refractivity contribution in [3.8, 4) is 0 Å². The zero-order valence-electron chi connectivity index (χ0n) is 12.7. The summed E-state index contributed by atoms with van der Waals surface area (Å²) in [6.07, 6.45) is 1.25. The quantitative estimate of drug-likeness (QED) is 0.872. The summed E-state index contributed by atoms with van der Waals surface area (Å²) in [5.41, 5.74) is 3.43. The van der Waals surface area contributed by atoms with Crippen molar-refractivity contribution < 1.29 is 0 Å². The molecule has 1 aromatic carbocycles. The van der Waals surface area contributed by atoms with Gasteiger partial charge in [-0.15, -0.1) is 0 Å². The molecule has 2 N–H and O–H groups in total. The molecule has 0 bridgehead atoms. The smallest absolute Gasteiger partial charge is 0.112 e. The first kappa shape index (κ1) is 13.8. The average Bonchev–Trinajstić information content (AvgIpc) is 2.94. The van der Waals surface area contributed by atoms with Gasteiger partial charge < -0.3 is 10.3 Å². The maximum Gasteiger partial charge on any atom is 0.112 e. The predicted octanol–water partition coefficient (Wildman–Crippen LogP) is 4.17. The van der Waals surface area contributed by atoms with Crippen LogP contribution in [-0.4, -0.2) is 27.0 Å². The van der Waals surface area contributed by atoms with Crippen molar-refractivity contribution in [2.75, 3.05) is 11.1 Å². The van der Waals surface area contributed by atoms with E-state index in [1.807, 2.05) is 0 Å². The lowest BCUT2D eigenvalue weighted by molar-refractivity contribution is 0.554. The fourth-order valence-electron chi connectivity index (χ4n) is 2.61. The lowest BCUT2D eigenvalue weighted by Gasteiger charge is -2.13. The van der Waals surface area contributed by atoms with Gasteiger partial charge in [-0.2, -0.15) is 11.8 Å². The predicted molar refractivity (Wildman–Crippen MR) is 88.7 cm³/mol. The molecule has 0 spiro atoms. The maximum atomic E-state index is 4.68. The first-order valence-corrected chi connectivity index (χ1v) is 8.35. The highest BCUT2D eigenvalue weighted by Gasteiger charge is 2.22. The zero-order chi connectivity index (χ0) is 14.3. The molecule has 1 aliphatic heterocycles. The van der Waals surface area contributed by atoms with E-state index in [2.05, 4.69) is 72.9 Å². The molecule has 108 valence electrons. The van der Waals surface area contributed by atoms with Gasteiger partial charge in [0.1, 0.15) is 5.82 Å². The summed E-state index contributed by atoms with van der Waals surface area (Å²) in [5, 5.41) is 4.42. The summed E-state index contributed by atoms with van der Waals surface area (Å²) in [6.45, 7) is 8.85. The molecule has 3 rings (SSSR count). The molecule has 2 aromatic rings. The van der Waals surface area contributed by atoms with E-state index in [0.29, 0.717) is 6.04 Å². The first-order chi connectivity index (χ1) is 9.41. The number of aromatic amines is 1. The van der Waals surface area contributed by atoms with Crippen molar-refractivity contribution in [3.63, 3.8) is 0 Å². The van der Waals surface area contributed by atoms with Gasteiger partial charge >= 0.3 is 0 Å². The van der Waals surface area contributed by atoms with Crippen molar-refractivity contribution in [1.82, 2.24) is 9.97 Å². The van der Waals surface area contributed by atoms with Crippen molar-refractivity contribution in [2.24, 2.45) is 0 Å². The summed E-state index contributed by atoms with van der Waals surface area (Å²) < 4.78 is 0. The Bertz CT molecular complexity index is 612. The standard InChI is InChI=1S/C16H23N3S/c1-10-7-12(9-20-10)17-11-5-6-13-14(8-11)19-15(18-13)16(2,3)4/h5-6,8,10,12,17H,7,9H2,1-4H3,(H,18,19). The summed E-state index contributed by atoms with van der Waals surface area (Å²) >= 11 is 2.05. The highest BCUT2D eigenvalue weighted by atomic mass is 32.2. The minimum Gasteiger partial charge on any atom is -0.381 e. The average molecular weight is 289 g/mol. The molecular weight excluding hydrogens is 266 g/mol. The lowest BCUT2D eigenvalue weighted by Crippen LogP contribution is -2.18. The number of H-pyrrole nitrogens is 1. The van der Waals surface area contributed by atoms with E-state index in [4.69, 9.17) is 0 Å². The van der Waals surface area contributed by atoms with E-state index >= 15 is 0 Å². The number of aromatic nitrogens is 2. The van der Waals surface area contributed by atoms with Crippen LogP contribution in [0.2, 0.25) is 0 Å². The molecule has 1 fully saturated rings. The second kappa shape index (κ2) is 4.99. The van der Waals surface area contributed by atoms with Gasteiger partial charge in [0.15, 0.2) is 0 Å². The third-order valence-electron chi connectivity index (χ3n) is 3.76. The van der Waals surface area contributed by atoms with Gasteiger partial charge in [0, 0.05) is 28.1 Å². The van der Waals surface area contributed by atoms with Crippen LogP contribution in [0.1, 0.15) is 39.9 Å². The van der Waals surface area contributed by atoms with Crippen LogP contribution in [0.5, 0.6) is 0 Å². The Morgan fingerprint density at radius 3 is 2.80 bits per heavy atom. The molecule has 4 heteroatoms. The Labute approximate surface area is 124 Å². The second-order valence-corrected chi connectivity index (χ2v) is 8.26. The lowest BCUT2D eigenvalue weighted by atomic mass is 9.96. The van der Waals surface area contributed by atoms with Crippen molar-refractivity contribution in [3.05, 3.63) is 24.0 Å². The van der Waals surface area contributed by atoms with E-state index in [1.54, 1.807) is 0 Å². The fourth-order valence-corrected chi connectivity index (χ4v) is 3.76. The topological polar surface area (TPSA) is 40.7 Å². The Balaban J connectivity index is 1.83. The van der Waals surface area contributed by atoms with E-state index < -0.39 is 0 Å². The van der Waals surface area contributed by atoms with E-state index in [0.717, 1.165) is 22.1 Å². The third kappa shape index (κ3) is 2.80. The first-order valence-electron chi connectivity index (χ1n) is 7.30. The SMILES string of the molecule is CC1CC(Nc2ccc3nc(C(C)(C)C)[nH]c3c2)CS1. The van der Waals surface area contributed by atoms with Crippen LogP contribution in [0.4, 0.5) is 5.69 Å². The number of imidazole rings is 1. The van der Waals surface area contributed by atoms with Crippen molar-refractivity contribution in [2.45, 2.75) is 50.8 Å². The van der Waals surface area contributed by atoms with Crippen molar-refractivity contribution in [1.29, 1.82) is 0 Å². The summed E-state index contributed by atoms with van der Waals surface area (Å²) in [4.78, 5) is 8.13. The minimum atomic E-state index is 0.0597. The largest absolute Gasteiger partial charge is 0.381 e. The number of hydrogen-bond acceptors (Lipinski definition) is 3. The van der Waals surface area contributed by atoms with Crippen LogP contribution in [-0.2, 0) is 5.41 Å². The molecule has 1 aromatic heterocycles. The van der Waals surface area contributed by atoms with Gasteiger partial charge in [0.05, 0.1) is 11.0 Å². The Morgan fingerprint density at radius 1 is 1.35 bits per heavy atom. The molecule has 2 unspecified atom stereocenters. The van der Waals surface area contributed by atoms with Crippen LogP contribution >= 0.6 is 11.8 Å². The van der Waals surface area contributed by atoms with Crippen LogP contribution in [0.25, 0.3) is 11.0 Å². The molecule has 1 saturated heterocycles. The van der Waals surface area contributed by atoms with Crippen LogP contribution in [0.3, 0.4) is 0 Å². The number of benzene rings is 1. The van der Waals surface area contributed by atoms with E-state index in [1.165, 1.54) is 17.9 Å². The molecule has 2 atom stereocenters. The Kier molecular flexibility index (Phi) is 3.44. The van der Waals surface area contributed by atoms with Gasteiger partial charge in [-0.05, 0) is 24.6 Å². The number of nitrogens with zero attached hydrogens (tertiary/aromatic N) is 1. The monoisotopic (exact) mass is 289 g/mol. The molecule has 3 nitrogen and oxygen atoms in total. The normalized spacial score (nSPS) is 23.4. The van der Waals surface area contributed by atoms with Crippen LogP contribution in [0, 0.1) is 0 Å². The van der Waals surface area contributed by atoms with Gasteiger partial charge in [-0.1, -0.05) is 27.7 Å². The molecule has 0 aliphatic carbocycles. The second-order valence-electron chi connectivity index (χ2n) is 6.79. The van der Waals surface area contributed by atoms with Gasteiger partial charge in [0.25, 0.3) is 0 Å². The molecular formula is C16H23N3S. The van der Waals surface area contributed by atoms with Crippen LogP contribution < -0.4 is 5.32 Å². The Morgan fingerprint density at radius 2 is 2.15 bits per heavy atom. The van der Waals surface area contributed by atoms with E-state index in [9.17, 15) is 0 Å². The highest BCUT2D eigenvalue weighted by molar-refractivity contribution is 8.00. The van der Waals surface area contributed by atoms with E-state index in [-0.39, 0.29) is 5.41 Å². The molecule has 0 amide bonds. The third-order valence-corrected chi connectivity index (χ3v) is 5.12. The highest BCUT2D eigenvalue weighted by Crippen LogP contribution is 2.29. The molecule has 20 heavy (non-hydrogen) atoms. The Hall–Kier alpha value is -1.16. The number of anilines is 1. The fraction of sp³-hybridized carbons (Fsp3) is 0.562. The molecule has 1 aliphatic rings. The summed E-state index contributed by atoms with van der Waals surface area (Å²) in [5.74, 6) is 2.25. The van der Waals surface area contributed by atoms with Gasteiger partial charge in [0.2, 0.25) is 0 Å². The minimum absolute atomic E-state index is 0.0597. The van der Waals surface area contributed by atoms with Gasteiger partial charge in [-0.25, -0.2) is 4.98 Å². The number of nitrogens with one attached hydrogen (secondary N) is 2. The maximum absolute atomic E-state index is 4.68. The van der Waals surface area contributed by atoms with Crippen LogP contribution in [0.15, 0.2) is 18.2 Å². The number of thioether (sulfide) groups is 1. The molecule has 0 saturated carbocycles. The van der Waals surface area contributed by atoms with Gasteiger partial charge in [-0.3, -0.25) is 0 Å². The summed E-state index contributed by atoms with van der Waals surface area (Å²) in [7, 11) is 0. The summed E-state index contributed by atoms with van der Waals surface area (Å²) in [6, 6.07) is 7.03. The number of hydrogen-bond donors (Lipinski definition) is 2. The zero-order valence-corrected chi connectivity index (χ0v) is 13.5. The van der Waals surface area contributed by atoms with Crippen molar-refractivity contribution >= 4 is 28.5 Å². The molecule has 0 radical (unpaired) electrons. The number of fused-ring (bicyclic) bond motifs is 1. The molecule has 2 heterocycles.